The van der Waals surface area contributed by atoms with Crippen molar-refractivity contribution in [1.82, 2.24) is 0 Å². The Labute approximate surface area is 93.6 Å². The van der Waals surface area contributed by atoms with Crippen molar-refractivity contribution in [3.05, 3.63) is 0 Å². The van der Waals surface area contributed by atoms with Gasteiger partial charge in [-0.15, -0.1) is 0 Å². The molecule has 0 heterocycles. The Bertz CT molecular complexity index is 205. The van der Waals surface area contributed by atoms with Gasteiger partial charge in [-0.3, -0.25) is 0 Å². The van der Waals surface area contributed by atoms with Gasteiger partial charge in [0, 0.05) is 6.54 Å². The highest BCUT2D eigenvalue weighted by atomic mass is 19.1. The zero-order valence-corrected chi connectivity index (χ0v) is 10.6. The minimum absolute atomic E-state index is 0.0353. The molecule has 2 heteroatoms. The number of alkyl halides is 1. The van der Waals surface area contributed by atoms with E-state index in [4.69, 9.17) is 5.73 Å². The van der Waals surface area contributed by atoms with Crippen LogP contribution in [-0.4, -0.2) is 12.2 Å². The molecule has 0 bridgehead atoms. The van der Waals surface area contributed by atoms with Crippen molar-refractivity contribution in [3.63, 3.8) is 0 Å². The molecule has 90 valence electrons. The summed E-state index contributed by atoms with van der Waals surface area (Å²) in [7, 11) is 0. The van der Waals surface area contributed by atoms with E-state index < -0.39 is 5.67 Å². The van der Waals surface area contributed by atoms with Crippen LogP contribution in [0.5, 0.6) is 0 Å². The smallest absolute Gasteiger partial charge is 0.128 e. The highest BCUT2D eigenvalue weighted by Crippen LogP contribution is 2.43. The maximum atomic E-state index is 14.7. The molecule has 0 amide bonds. The van der Waals surface area contributed by atoms with Crippen LogP contribution in [0.2, 0.25) is 0 Å². The summed E-state index contributed by atoms with van der Waals surface area (Å²) in [5.41, 5.74) is 4.50. The number of halogens is 1. The van der Waals surface area contributed by atoms with E-state index >= 15 is 0 Å². The molecule has 0 aromatic carbocycles. The molecule has 1 rings (SSSR count). The molecule has 15 heavy (non-hydrogen) atoms. The van der Waals surface area contributed by atoms with Crippen molar-refractivity contribution < 1.29 is 4.39 Å². The fourth-order valence-corrected chi connectivity index (χ4v) is 2.86. The van der Waals surface area contributed by atoms with Gasteiger partial charge >= 0.3 is 0 Å². The molecule has 0 radical (unpaired) electrons. The third kappa shape index (κ3) is 2.52. The summed E-state index contributed by atoms with van der Waals surface area (Å²) in [5, 5.41) is 0. The standard InChI is InChI=1S/C13H26FN/c1-9(2)13(14,8-15)12-6-5-10(3)11(4)7-12/h9-12H,5-8,15H2,1-4H3. The van der Waals surface area contributed by atoms with Gasteiger partial charge in [-0.25, -0.2) is 4.39 Å². The molecule has 1 aliphatic rings. The highest BCUT2D eigenvalue weighted by Gasteiger charge is 2.43. The molecule has 2 N–H and O–H groups in total. The molecular formula is C13H26FN. The second-order valence-electron chi connectivity index (χ2n) is 5.75. The Balaban J connectivity index is 2.70. The van der Waals surface area contributed by atoms with Crippen LogP contribution in [0.25, 0.3) is 0 Å². The van der Waals surface area contributed by atoms with E-state index in [0.29, 0.717) is 5.92 Å². The maximum Gasteiger partial charge on any atom is 0.128 e. The molecule has 1 nitrogen and oxygen atoms in total. The van der Waals surface area contributed by atoms with E-state index in [1.807, 2.05) is 13.8 Å². The average Bonchev–Trinajstić information content (AvgIpc) is 2.20. The minimum atomic E-state index is -1.14. The number of nitrogens with two attached hydrogens (primary N) is 1. The van der Waals surface area contributed by atoms with Crippen LogP contribution in [0.3, 0.4) is 0 Å². The summed E-state index contributed by atoms with van der Waals surface area (Å²) in [6.07, 6.45) is 3.18. The van der Waals surface area contributed by atoms with Gasteiger partial charge in [0.15, 0.2) is 0 Å². The SMILES string of the molecule is CC1CCC(C(F)(CN)C(C)C)CC1C. The van der Waals surface area contributed by atoms with E-state index in [-0.39, 0.29) is 18.4 Å². The zero-order valence-electron chi connectivity index (χ0n) is 10.6. The van der Waals surface area contributed by atoms with E-state index in [2.05, 4.69) is 13.8 Å². The molecule has 4 unspecified atom stereocenters. The predicted octanol–water partition coefficient (Wildman–Crippen LogP) is 3.38. The van der Waals surface area contributed by atoms with Crippen molar-refractivity contribution in [3.8, 4) is 0 Å². The van der Waals surface area contributed by atoms with Gasteiger partial charge in [-0.1, -0.05) is 34.1 Å². The topological polar surface area (TPSA) is 26.0 Å². The lowest BCUT2D eigenvalue weighted by Crippen LogP contribution is -2.47. The van der Waals surface area contributed by atoms with Gasteiger partial charge in [-0.2, -0.15) is 0 Å². The minimum Gasteiger partial charge on any atom is -0.328 e. The second-order valence-corrected chi connectivity index (χ2v) is 5.75. The van der Waals surface area contributed by atoms with E-state index in [1.165, 1.54) is 0 Å². The van der Waals surface area contributed by atoms with E-state index in [1.54, 1.807) is 0 Å². The van der Waals surface area contributed by atoms with Gasteiger partial charge in [0.05, 0.1) is 0 Å². The molecule has 0 aromatic rings. The van der Waals surface area contributed by atoms with Crippen molar-refractivity contribution in [2.45, 2.75) is 52.6 Å². The van der Waals surface area contributed by atoms with Gasteiger partial charge in [0.25, 0.3) is 0 Å². The number of rotatable bonds is 3. The van der Waals surface area contributed by atoms with Gasteiger partial charge in [0.2, 0.25) is 0 Å². The third-order valence-electron chi connectivity index (χ3n) is 4.55. The molecule has 0 aliphatic heterocycles. The fourth-order valence-electron chi connectivity index (χ4n) is 2.86. The van der Waals surface area contributed by atoms with E-state index in [9.17, 15) is 4.39 Å². The Kier molecular flexibility index (Phi) is 4.16. The average molecular weight is 215 g/mol. The normalized spacial score (nSPS) is 36.6. The van der Waals surface area contributed by atoms with Crippen LogP contribution in [0.1, 0.15) is 47.0 Å². The summed E-state index contributed by atoms with van der Waals surface area (Å²) in [5.74, 6) is 1.60. The first-order valence-electron chi connectivity index (χ1n) is 6.30. The van der Waals surface area contributed by atoms with Gasteiger partial charge in [0.1, 0.15) is 5.67 Å². The lowest BCUT2D eigenvalue weighted by molar-refractivity contribution is -0.000991. The first-order valence-corrected chi connectivity index (χ1v) is 6.30. The van der Waals surface area contributed by atoms with Crippen LogP contribution in [-0.2, 0) is 0 Å². The van der Waals surface area contributed by atoms with Crippen molar-refractivity contribution >= 4 is 0 Å². The largest absolute Gasteiger partial charge is 0.328 e. The highest BCUT2D eigenvalue weighted by molar-refractivity contribution is 4.94. The first-order chi connectivity index (χ1) is 6.91. The molecular weight excluding hydrogens is 189 g/mol. The fraction of sp³-hybridized carbons (Fsp3) is 1.00. The quantitative estimate of drug-likeness (QED) is 0.767. The lowest BCUT2D eigenvalue weighted by Gasteiger charge is -2.42. The Morgan fingerprint density at radius 2 is 1.87 bits per heavy atom. The number of hydrogen-bond donors (Lipinski definition) is 1. The lowest BCUT2D eigenvalue weighted by atomic mass is 9.67. The van der Waals surface area contributed by atoms with Gasteiger partial charge < -0.3 is 5.73 Å². The van der Waals surface area contributed by atoms with E-state index in [0.717, 1.165) is 25.2 Å². The van der Waals surface area contributed by atoms with Crippen LogP contribution < -0.4 is 5.73 Å². The van der Waals surface area contributed by atoms with Gasteiger partial charge in [-0.05, 0) is 36.5 Å². The zero-order chi connectivity index (χ0) is 11.6. The summed E-state index contributed by atoms with van der Waals surface area (Å²) >= 11 is 0. The Morgan fingerprint density at radius 3 is 2.27 bits per heavy atom. The van der Waals surface area contributed by atoms with Crippen LogP contribution in [0, 0.1) is 23.7 Å². The van der Waals surface area contributed by atoms with Crippen molar-refractivity contribution in [1.29, 1.82) is 0 Å². The predicted molar refractivity (Wildman–Crippen MR) is 63.4 cm³/mol. The van der Waals surface area contributed by atoms with Crippen molar-refractivity contribution in [2.24, 2.45) is 29.4 Å². The molecule has 1 saturated carbocycles. The Hall–Kier alpha value is -0.110. The number of hydrogen-bond acceptors (Lipinski definition) is 1. The molecule has 0 spiro atoms. The van der Waals surface area contributed by atoms with Crippen molar-refractivity contribution in [2.75, 3.05) is 6.54 Å². The maximum absolute atomic E-state index is 14.7. The summed E-state index contributed by atoms with van der Waals surface area (Å²) in [6, 6.07) is 0. The third-order valence-corrected chi connectivity index (χ3v) is 4.55. The summed E-state index contributed by atoms with van der Waals surface area (Å²) < 4.78 is 14.7. The molecule has 0 saturated heterocycles. The first kappa shape index (κ1) is 13.0. The summed E-state index contributed by atoms with van der Waals surface area (Å²) in [4.78, 5) is 0. The second kappa shape index (κ2) is 4.82. The molecule has 1 fully saturated rings. The monoisotopic (exact) mass is 215 g/mol. The molecule has 1 aliphatic carbocycles. The summed E-state index contributed by atoms with van der Waals surface area (Å²) in [6.45, 7) is 8.61. The van der Waals surface area contributed by atoms with Crippen LogP contribution in [0.15, 0.2) is 0 Å². The van der Waals surface area contributed by atoms with Crippen LogP contribution >= 0.6 is 0 Å². The molecule has 4 atom stereocenters. The molecule has 0 aromatic heterocycles. The van der Waals surface area contributed by atoms with Crippen LogP contribution in [0.4, 0.5) is 4.39 Å². The Morgan fingerprint density at radius 1 is 1.27 bits per heavy atom.